The molecule has 0 saturated heterocycles. The number of rotatable bonds is 5. The van der Waals surface area contributed by atoms with Crippen molar-refractivity contribution in [2.75, 3.05) is 6.61 Å². The molecule has 1 amide bonds. The van der Waals surface area contributed by atoms with Crippen LogP contribution in [0.2, 0.25) is 15.1 Å². The zero-order valence-corrected chi connectivity index (χ0v) is 14.8. The molecule has 0 heterocycles. The minimum Gasteiger partial charge on any atom is -0.506 e. The number of halogens is 3. The summed E-state index contributed by atoms with van der Waals surface area (Å²) in [5, 5.41) is 14.5. The van der Waals surface area contributed by atoms with Crippen molar-refractivity contribution >= 4 is 46.9 Å². The monoisotopic (exact) mass is 386 g/mol. The van der Waals surface area contributed by atoms with Crippen LogP contribution in [0.5, 0.6) is 11.5 Å². The highest BCUT2D eigenvalue weighted by Crippen LogP contribution is 2.29. The standard InChI is InChI=1S/C16H13Cl3N2O3/c1-9-4-12(2-3-13(9)18)24-8-15(22)21-20-7-10-5-11(17)6-14(19)16(10)23/h2-7,23H,8H2,1H3,(H,21,22)/b20-7+. The third-order valence-electron chi connectivity index (χ3n) is 2.95. The van der Waals surface area contributed by atoms with Gasteiger partial charge in [-0.15, -0.1) is 0 Å². The van der Waals surface area contributed by atoms with E-state index in [0.29, 0.717) is 15.8 Å². The van der Waals surface area contributed by atoms with Gasteiger partial charge in [0.05, 0.1) is 11.2 Å². The van der Waals surface area contributed by atoms with Crippen LogP contribution in [0.3, 0.4) is 0 Å². The van der Waals surface area contributed by atoms with Gasteiger partial charge in [-0.1, -0.05) is 34.8 Å². The molecule has 24 heavy (non-hydrogen) atoms. The molecule has 126 valence electrons. The first-order valence-corrected chi connectivity index (χ1v) is 7.89. The molecule has 5 nitrogen and oxygen atoms in total. The lowest BCUT2D eigenvalue weighted by Gasteiger charge is -2.06. The highest BCUT2D eigenvalue weighted by Gasteiger charge is 2.07. The van der Waals surface area contributed by atoms with E-state index >= 15 is 0 Å². The number of phenols is 1. The number of ether oxygens (including phenoxy) is 1. The molecular formula is C16H13Cl3N2O3. The van der Waals surface area contributed by atoms with Gasteiger partial charge >= 0.3 is 0 Å². The molecule has 0 fully saturated rings. The van der Waals surface area contributed by atoms with Gasteiger partial charge in [0.1, 0.15) is 11.5 Å². The molecule has 8 heteroatoms. The number of amides is 1. The number of hydrogen-bond donors (Lipinski definition) is 2. The molecule has 2 rings (SSSR count). The van der Waals surface area contributed by atoms with Gasteiger partial charge in [0.15, 0.2) is 6.61 Å². The van der Waals surface area contributed by atoms with E-state index in [2.05, 4.69) is 10.5 Å². The van der Waals surface area contributed by atoms with Gasteiger partial charge in [-0.05, 0) is 42.8 Å². The van der Waals surface area contributed by atoms with Crippen LogP contribution in [-0.2, 0) is 4.79 Å². The summed E-state index contributed by atoms with van der Waals surface area (Å²) >= 11 is 17.5. The van der Waals surface area contributed by atoms with Gasteiger partial charge < -0.3 is 9.84 Å². The Bertz CT molecular complexity index is 794. The number of aromatic hydroxyl groups is 1. The van der Waals surface area contributed by atoms with Gasteiger partial charge in [0.2, 0.25) is 0 Å². The quantitative estimate of drug-likeness (QED) is 0.597. The molecule has 0 saturated carbocycles. The molecule has 0 aromatic heterocycles. The lowest BCUT2D eigenvalue weighted by molar-refractivity contribution is -0.123. The number of nitrogens with one attached hydrogen (secondary N) is 1. The first-order chi connectivity index (χ1) is 11.4. The Hall–Kier alpha value is -1.95. The third kappa shape index (κ3) is 5.03. The maximum atomic E-state index is 11.7. The van der Waals surface area contributed by atoms with Crippen LogP contribution in [0.1, 0.15) is 11.1 Å². The summed E-state index contributed by atoms with van der Waals surface area (Å²) < 4.78 is 5.33. The van der Waals surface area contributed by atoms with Crippen molar-refractivity contribution in [3.8, 4) is 11.5 Å². The second-order valence-corrected chi connectivity index (χ2v) is 6.07. The van der Waals surface area contributed by atoms with Crippen molar-refractivity contribution < 1.29 is 14.6 Å². The summed E-state index contributed by atoms with van der Waals surface area (Å²) in [6, 6.07) is 7.94. The Balaban J connectivity index is 1.90. The van der Waals surface area contributed by atoms with Gasteiger partial charge in [-0.2, -0.15) is 5.10 Å². The maximum absolute atomic E-state index is 11.7. The third-order valence-corrected chi connectivity index (χ3v) is 3.88. The Morgan fingerprint density at radius 1 is 1.25 bits per heavy atom. The molecular weight excluding hydrogens is 375 g/mol. The average molecular weight is 388 g/mol. The van der Waals surface area contributed by atoms with E-state index in [9.17, 15) is 9.90 Å². The number of hydrazone groups is 1. The van der Waals surface area contributed by atoms with Crippen molar-refractivity contribution in [3.63, 3.8) is 0 Å². The SMILES string of the molecule is Cc1cc(OCC(=O)N/N=C/c2cc(Cl)cc(Cl)c2O)ccc1Cl. The number of phenolic OH excluding ortho intramolecular Hbond substituents is 1. The largest absolute Gasteiger partial charge is 0.506 e. The molecule has 0 radical (unpaired) electrons. The normalized spacial score (nSPS) is 10.8. The number of carbonyl (C=O) groups is 1. The highest BCUT2D eigenvalue weighted by atomic mass is 35.5. The lowest BCUT2D eigenvalue weighted by atomic mass is 10.2. The fourth-order valence-corrected chi connectivity index (χ4v) is 2.37. The molecule has 2 N–H and O–H groups in total. The average Bonchev–Trinajstić information content (AvgIpc) is 2.53. The van der Waals surface area contributed by atoms with E-state index in [4.69, 9.17) is 39.5 Å². The molecule has 0 unspecified atom stereocenters. The Morgan fingerprint density at radius 2 is 2.00 bits per heavy atom. The van der Waals surface area contributed by atoms with E-state index in [1.165, 1.54) is 18.3 Å². The first kappa shape index (κ1) is 18.4. The van der Waals surface area contributed by atoms with Gasteiger partial charge in [0, 0.05) is 15.6 Å². The van der Waals surface area contributed by atoms with Crippen molar-refractivity contribution in [1.29, 1.82) is 0 Å². The minimum atomic E-state index is -0.466. The molecule has 0 aliphatic heterocycles. The van der Waals surface area contributed by atoms with E-state index in [1.807, 2.05) is 6.92 Å². The highest BCUT2D eigenvalue weighted by molar-refractivity contribution is 6.36. The van der Waals surface area contributed by atoms with Crippen LogP contribution >= 0.6 is 34.8 Å². The second-order valence-electron chi connectivity index (χ2n) is 4.82. The zero-order valence-electron chi connectivity index (χ0n) is 12.5. The smallest absolute Gasteiger partial charge is 0.277 e. The van der Waals surface area contributed by atoms with Crippen molar-refractivity contribution in [1.82, 2.24) is 5.43 Å². The fraction of sp³-hybridized carbons (Fsp3) is 0.125. The maximum Gasteiger partial charge on any atom is 0.277 e. The van der Waals surface area contributed by atoms with Crippen LogP contribution in [-0.4, -0.2) is 23.8 Å². The number of aryl methyl sites for hydroxylation is 1. The second kappa shape index (κ2) is 8.24. The fourth-order valence-electron chi connectivity index (χ4n) is 1.75. The molecule has 0 spiro atoms. The van der Waals surface area contributed by atoms with Crippen LogP contribution in [0, 0.1) is 6.92 Å². The van der Waals surface area contributed by atoms with Gasteiger partial charge in [-0.3, -0.25) is 4.79 Å². The van der Waals surface area contributed by atoms with Crippen molar-refractivity contribution in [2.45, 2.75) is 6.92 Å². The van der Waals surface area contributed by atoms with Crippen LogP contribution in [0.4, 0.5) is 0 Å². The van der Waals surface area contributed by atoms with E-state index in [0.717, 1.165) is 5.56 Å². The summed E-state index contributed by atoms with van der Waals surface area (Å²) in [5.74, 6) is -0.117. The molecule has 0 atom stereocenters. The van der Waals surface area contributed by atoms with Crippen molar-refractivity contribution in [3.05, 3.63) is 56.5 Å². The number of benzene rings is 2. The summed E-state index contributed by atoms with van der Waals surface area (Å²) in [5.41, 5.74) is 3.40. The molecule has 0 aliphatic carbocycles. The summed E-state index contributed by atoms with van der Waals surface area (Å²) in [4.78, 5) is 11.7. The van der Waals surface area contributed by atoms with Gasteiger partial charge in [-0.25, -0.2) is 5.43 Å². The molecule has 2 aromatic rings. The molecule has 2 aromatic carbocycles. The predicted octanol–water partition coefficient (Wildman–Crippen LogP) is 4.19. The van der Waals surface area contributed by atoms with Crippen molar-refractivity contribution in [2.24, 2.45) is 5.10 Å². The van der Waals surface area contributed by atoms with E-state index in [1.54, 1.807) is 18.2 Å². The van der Waals surface area contributed by atoms with Crippen LogP contribution < -0.4 is 10.2 Å². The number of carbonyl (C=O) groups excluding carboxylic acids is 1. The molecule has 0 bridgehead atoms. The lowest BCUT2D eigenvalue weighted by Crippen LogP contribution is -2.24. The Kier molecular flexibility index (Phi) is 6.31. The first-order valence-electron chi connectivity index (χ1n) is 6.75. The predicted molar refractivity (Wildman–Crippen MR) is 95.5 cm³/mol. The topological polar surface area (TPSA) is 70.9 Å². The summed E-state index contributed by atoms with van der Waals surface area (Å²) in [6.45, 7) is 1.61. The summed E-state index contributed by atoms with van der Waals surface area (Å²) in [6.07, 6.45) is 1.23. The summed E-state index contributed by atoms with van der Waals surface area (Å²) in [7, 11) is 0. The Labute approximate surface area is 153 Å². The van der Waals surface area contributed by atoms with E-state index < -0.39 is 5.91 Å². The zero-order chi connectivity index (χ0) is 17.7. The van der Waals surface area contributed by atoms with Crippen LogP contribution in [0.15, 0.2) is 35.4 Å². The number of nitrogens with zero attached hydrogens (tertiary/aromatic N) is 1. The minimum absolute atomic E-state index is 0.0942. The number of hydrogen-bond acceptors (Lipinski definition) is 4. The van der Waals surface area contributed by atoms with Gasteiger partial charge in [0.25, 0.3) is 5.91 Å². The van der Waals surface area contributed by atoms with Crippen LogP contribution in [0.25, 0.3) is 0 Å². The molecule has 0 aliphatic rings. The Morgan fingerprint density at radius 3 is 2.71 bits per heavy atom. The van der Waals surface area contributed by atoms with E-state index in [-0.39, 0.29) is 22.9 Å².